The zero-order valence-electron chi connectivity index (χ0n) is 13.4. The van der Waals surface area contributed by atoms with E-state index in [-0.39, 0.29) is 6.07 Å². The van der Waals surface area contributed by atoms with Crippen molar-refractivity contribution in [3.8, 4) is 0 Å². The second-order valence-electron chi connectivity index (χ2n) is 4.82. The van der Waals surface area contributed by atoms with E-state index in [4.69, 9.17) is 4.74 Å². The number of nitrogens with zero attached hydrogens (tertiary/aromatic N) is 2. The van der Waals surface area contributed by atoms with Crippen molar-refractivity contribution in [1.82, 2.24) is 0 Å². The third-order valence-electron chi connectivity index (χ3n) is 3.41. The summed E-state index contributed by atoms with van der Waals surface area (Å²) >= 11 is 0. The van der Waals surface area contributed by atoms with Gasteiger partial charge in [-0.15, -0.1) is 0 Å². The van der Waals surface area contributed by atoms with Gasteiger partial charge in [-0.3, -0.25) is 10.1 Å². The lowest BCUT2D eigenvalue weighted by molar-refractivity contribution is -0.387. The first-order valence-electron chi connectivity index (χ1n) is 6.81. The second-order valence-corrected chi connectivity index (χ2v) is 4.82. The van der Waals surface area contributed by atoms with Gasteiger partial charge in [0.05, 0.1) is 31.3 Å². The van der Waals surface area contributed by atoms with Gasteiger partial charge in [0.25, 0.3) is 0 Å². The number of rotatable bonds is 4. The summed E-state index contributed by atoms with van der Waals surface area (Å²) in [5.74, 6) is -7.53. The van der Waals surface area contributed by atoms with Crippen LogP contribution in [0.15, 0.2) is 17.3 Å². The molecule has 0 fully saturated rings. The third kappa shape index (κ3) is 3.18. The maximum Gasteiger partial charge on any atom is 0.355 e. The normalized spacial score (nSPS) is 14.3. The Kier molecular flexibility index (Phi) is 5.45. The van der Waals surface area contributed by atoms with Gasteiger partial charge in [0.15, 0.2) is 17.3 Å². The van der Waals surface area contributed by atoms with E-state index >= 15 is 0 Å². The smallest absolute Gasteiger partial charge is 0.355 e. The fourth-order valence-corrected chi connectivity index (χ4v) is 2.32. The number of halogens is 3. The van der Waals surface area contributed by atoms with Crippen molar-refractivity contribution in [2.45, 2.75) is 0 Å². The molecular formula is C14H11F3N2O7. The van der Waals surface area contributed by atoms with Gasteiger partial charge in [-0.2, -0.15) is 4.39 Å². The van der Waals surface area contributed by atoms with E-state index in [0.717, 1.165) is 14.2 Å². The number of methoxy groups -OCH3 is 2. The Labute approximate surface area is 143 Å². The Morgan fingerprint density at radius 3 is 2.35 bits per heavy atom. The largest absolute Gasteiger partial charge is 0.466 e. The van der Waals surface area contributed by atoms with E-state index in [1.54, 1.807) is 0 Å². The Balaban J connectivity index is 2.81. The molecule has 0 bridgehead atoms. The van der Waals surface area contributed by atoms with Crippen LogP contribution in [0.1, 0.15) is 0 Å². The molecule has 0 saturated heterocycles. The van der Waals surface area contributed by atoms with E-state index in [1.165, 1.54) is 0 Å². The first-order chi connectivity index (χ1) is 12.2. The predicted octanol–water partition coefficient (Wildman–Crippen LogP) is 1.41. The van der Waals surface area contributed by atoms with Crippen LogP contribution in [0.25, 0.3) is 0 Å². The quantitative estimate of drug-likeness (QED) is 0.336. The van der Waals surface area contributed by atoms with Crippen LogP contribution >= 0.6 is 0 Å². The minimum Gasteiger partial charge on any atom is -0.466 e. The van der Waals surface area contributed by atoms with Crippen LogP contribution < -0.4 is 4.90 Å². The molecule has 0 amide bonds. The summed E-state index contributed by atoms with van der Waals surface area (Å²) in [7, 11) is 1.93. The average Bonchev–Trinajstić information content (AvgIpc) is 2.62. The lowest BCUT2D eigenvalue weighted by Crippen LogP contribution is -2.39. The van der Waals surface area contributed by atoms with Crippen LogP contribution in [-0.2, 0) is 23.8 Å². The lowest BCUT2D eigenvalue weighted by atomic mass is 10.1. The molecule has 1 aromatic rings. The molecule has 1 aliphatic heterocycles. The molecule has 0 aliphatic carbocycles. The predicted molar refractivity (Wildman–Crippen MR) is 77.3 cm³/mol. The Bertz CT molecular complexity index is 825. The molecule has 9 nitrogen and oxygen atoms in total. The van der Waals surface area contributed by atoms with E-state index in [1.807, 2.05) is 0 Å². The number of hydrogen-bond donors (Lipinski definition) is 0. The number of esters is 2. The zero-order chi connectivity index (χ0) is 19.6. The Hall–Kier alpha value is -3.15. The molecule has 0 radical (unpaired) electrons. The fourth-order valence-electron chi connectivity index (χ4n) is 2.32. The van der Waals surface area contributed by atoms with E-state index in [9.17, 15) is 32.9 Å². The summed E-state index contributed by atoms with van der Waals surface area (Å²) in [5, 5.41) is 11.1. The van der Waals surface area contributed by atoms with Crippen molar-refractivity contribution in [1.29, 1.82) is 0 Å². The minimum atomic E-state index is -1.94. The molecule has 0 aromatic heterocycles. The number of ether oxygens (including phenoxy) is 3. The van der Waals surface area contributed by atoms with E-state index in [2.05, 4.69) is 9.47 Å². The number of carbonyl (C=O) groups excluding carboxylic acids is 2. The van der Waals surface area contributed by atoms with E-state index < -0.39 is 70.3 Å². The Morgan fingerprint density at radius 1 is 1.19 bits per heavy atom. The van der Waals surface area contributed by atoms with Gasteiger partial charge in [0, 0.05) is 6.07 Å². The van der Waals surface area contributed by atoms with Crippen molar-refractivity contribution in [3.63, 3.8) is 0 Å². The highest BCUT2D eigenvalue weighted by atomic mass is 19.2. The monoisotopic (exact) mass is 376 g/mol. The highest BCUT2D eigenvalue weighted by molar-refractivity contribution is 6.03. The number of nitro benzene ring substituents is 1. The topological polar surface area (TPSA) is 108 Å². The molecule has 2 rings (SSSR count). The average molecular weight is 376 g/mol. The van der Waals surface area contributed by atoms with Crippen LogP contribution in [0.4, 0.5) is 24.5 Å². The number of carbonyl (C=O) groups is 2. The zero-order valence-corrected chi connectivity index (χ0v) is 13.4. The van der Waals surface area contributed by atoms with Crippen molar-refractivity contribution in [2.24, 2.45) is 0 Å². The maximum absolute atomic E-state index is 14.3. The standard InChI is InChI=1S/C14H11F3N2O7/c1-24-13(20)6-4-26-5-18(10(6)14(21)25-2)11-8(16)3-7(15)9(17)12(11)19(22)23/h3H,4-5H2,1-2H3. The van der Waals surface area contributed by atoms with Crippen molar-refractivity contribution in [2.75, 3.05) is 32.5 Å². The molecule has 1 aliphatic rings. The minimum absolute atomic E-state index is 0.0684. The molecule has 26 heavy (non-hydrogen) atoms. The first kappa shape index (κ1) is 19.2. The molecule has 140 valence electrons. The van der Waals surface area contributed by atoms with Gasteiger partial charge < -0.3 is 19.1 Å². The van der Waals surface area contributed by atoms with E-state index in [0.29, 0.717) is 4.90 Å². The van der Waals surface area contributed by atoms with Crippen LogP contribution in [0.3, 0.4) is 0 Å². The number of hydrogen-bond acceptors (Lipinski definition) is 8. The van der Waals surface area contributed by atoms with Gasteiger partial charge in [-0.05, 0) is 0 Å². The van der Waals surface area contributed by atoms with Gasteiger partial charge >= 0.3 is 17.6 Å². The SMILES string of the molecule is COC(=O)C1=C(C(=O)OC)N(c2c(F)cc(F)c(F)c2[N+](=O)[O-])COC1. The van der Waals surface area contributed by atoms with Crippen LogP contribution in [0, 0.1) is 27.6 Å². The molecule has 0 spiro atoms. The Morgan fingerprint density at radius 2 is 1.81 bits per heavy atom. The molecular weight excluding hydrogens is 365 g/mol. The first-order valence-corrected chi connectivity index (χ1v) is 6.81. The number of benzene rings is 1. The van der Waals surface area contributed by atoms with Crippen molar-refractivity contribution < 1.29 is 41.9 Å². The second kappa shape index (κ2) is 7.39. The summed E-state index contributed by atoms with van der Waals surface area (Å²) in [5.41, 5.74) is -3.77. The summed E-state index contributed by atoms with van der Waals surface area (Å²) in [6, 6.07) is 0.0684. The number of anilines is 1. The molecule has 0 saturated carbocycles. The summed E-state index contributed by atoms with van der Waals surface area (Å²) in [6.07, 6.45) is 0. The highest BCUT2D eigenvalue weighted by Crippen LogP contribution is 2.39. The lowest BCUT2D eigenvalue weighted by Gasteiger charge is -2.31. The van der Waals surface area contributed by atoms with Crippen LogP contribution in [-0.4, -0.2) is 44.4 Å². The highest BCUT2D eigenvalue weighted by Gasteiger charge is 2.39. The summed E-state index contributed by atoms with van der Waals surface area (Å²) in [6.45, 7) is -1.12. The van der Waals surface area contributed by atoms with Crippen molar-refractivity contribution >= 4 is 23.3 Å². The third-order valence-corrected chi connectivity index (χ3v) is 3.41. The van der Waals surface area contributed by atoms with Gasteiger partial charge in [0.2, 0.25) is 5.82 Å². The van der Waals surface area contributed by atoms with Gasteiger partial charge in [-0.1, -0.05) is 0 Å². The summed E-state index contributed by atoms with van der Waals surface area (Å²) < 4.78 is 55.6. The fraction of sp³-hybridized carbons (Fsp3) is 0.286. The molecule has 1 aromatic carbocycles. The summed E-state index contributed by atoms with van der Waals surface area (Å²) in [4.78, 5) is 34.2. The molecule has 0 unspecified atom stereocenters. The molecule has 1 heterocycles. The molecule has 12 heteroatoms. The number of nitro groups is 1. The van der Waals surface area contributed by atoms with Crippen LogP contribution in [0.5, 0.6) is 0 Å². The molecule has 0 N–H and O–H groups in total. The van der Waals surface area contributed by atoms with Crippen LogP contribution in [0.2, 0.25) is 0 Å². The van der Waals surface area contributed by atoms with Gasteiger partial charge in [-0.25, -0.2) is 18.4 Å². The maximum atomic E-state index is 14.3. The van der Waals surface area contributed by atoms with Gasteiger partial charge in [0.1, 0.15) is 12.4 Å². The molecule has 0 atom stereocenters. The van der Waals surface area contributed by atoms with Crippen molar-refractivity contribution in [3.05, 3.63) is 44.9 Å².